The predicted octanol–water partition coefficient (Wildman–Crippen LogP) is 2.28. The van der Waals surface area contributed by atoms with Crippen LogP contribution in [-0.2, 0) is 4.79 Å². The second kappa shape index (κ2) is 9.86. The van der Waals surface area contributed by atoms with Crippen molar-refractivity contribution in [1.29, 1.82) is 0 Å². The Labute approximate surface area is 168 Å². The average molecular weight is 401 g/mol. The molecule has 1 heterocycles. The molecule has 0 saturated carbocycles. The molecule has 0 aromatic heterocycles. The van der Waals surface area contributed by atoms with Gasteiger partial charge in [-0.25, -0.2) is 10.4 Å². The molecule has 1 amide bonds. The van der Waals surface area contributed by atoms with E-state index in [1.807, 2.05) is 30.3 Å². The molecule has 0 spiro atoms. The maximum absolute atomic E-state index is 12.2. The molecule has 28 heavy (non-hydrogen) atoms. The van der Waals surface area contributed by atoms with Crippen LogP contribution < -0.4 is 31.0 Å². The highest BCUT2D eigenvalue weighted by Crippen LogP contribution is 2.25. The number of ether oxygens (including phenoxy) is 2. The molecule has 3 rings (SSSR count). The van der Waals surface area contributed by atoms with E-state index in [-0.39, 0.29) is 17.8 Å². The van der Waals surface area contributed by atoms with E-state index in [1.54, 1.807) is 32.4 Å². The number of hydrogen-bond acceptors (Lipinski definition) is 8. The molecule has 0 fully saturated rings. The first-order valence-corrected chi connectivity index (χ1v) is 9.69. The normalized spacial score (nSPS) is 15.4. The fourth-order valence-corrected chi connectivity index (χ4v) is 3.18. The molecular formula is C19H23N5O3S. The first-order valence-electron chi connectivity index (χ1n) is 8.70. The minimum absolute atomic E-state index is 0.103. The molecule has 2 aromatic carbocycles. The fourth-order valence-electron chi connectivity index (χ4n) is 2.50. The lowest BCUT2D eigenvalue weighted by Crippen LogP contribution is -2.37. The number of carbonyl (C=O) groups excluding carboxylic acids is 1. The number of thioether (sulfide) groups is 1. The third-order valence-electron chi connectivity index (χ3n) is 3.87. The maximum atomic E-state index is 12.2. The largest absolute Gasteiger partial charge is 0.497 e. The molecular weight excluding hydrogens is 378 g/mol. The Morgan fingerprint density at radius 1 is 1.11 bits per heavy atom. The lowest BCUT2D eigenvalue weighted by Gasteiger charge is -2.10. The number of hydrogen-bond donors (Lipinski definition) is 4. The summed E-state index contributed by atoms with van der Waals surface area (Å²) in [4.78, 5) is 16.7. The van der Waals surface area contributed by atoms with Gasteiger partial charge in [0.15, 0.2) is 5.17 Å². The van der Waals surface area contributed by atoms with Gasteiger partial charge in [-0.15, -0.1) is 0 Å². The van der Waals surface area contributed by atoms with Crippen LogP contribution in [0.1, 0.15) is 0 Å². The van der Waals surface area contributed by atoms with Crippen molar-refractivity contribution >= 4 is 34.2 Å². The summed E-state index contributed by atoms with van der Waals surface area (Å²) in [5.74, 6) is 1.31. The van der Waals surface area contributed by atoms with Crippen molar-refractivity contribution in [2.45, 2.75) is 6.17 Å². The number of amidine groups is 1. The van der Waals surface area contributed by atoms with Crippen molar-refractivity contribution in [2.24, 2.45) is 4.99 Å². The summed E-state index contributed by atoms with van der Waals surface area (Å²) >= 11 is 1.33. The van der Waals surface area contributed by atoms with Crippen molar-refractivity contribution in [1.82, 2.24) is 10.9 Å². The Morgan fingerprint density at radius 3 is 2.50 bits per heavy atom. The van der Waals surface area contributed by atoms with E-state index in [1.165, 1.54) is 11.8 Å². The summed E-state index contributed by atoms with van der Waals surface area (Å²) in [6.45, 7) is 0.636. The molecule has 0 saturated heterocycles. The number of nitrogens with zero attached hydrogens (tertiary/aromatic N) is 1. The number of nitrogens with one attached hydrogen (secondary N) is 4. The van der Waals surface area contributed by atoms with Crippen LogP contribution >= 0.6 is 11.8 Å². The van der Waals surface area contributed by atoms with Crippen LogP contribution in [0.3, 0.4) is 0 Å². The number of benzene rings is 2. The Morgan fingerprint density at radius 2 is 1.82 bits per heavy atom. The second-order valence-electron chi connectivity index (χ2n) is 5.90. The van der Waals surface area contributed by atoms with Gasteiger partial charge in [0, 0.05) is 29.6 Å². The van der Waals surface area contributed by atoms with Gasteiger partial charge >= 0.3 is 0 Å². The average Bonchev–Trinajstić information content (AvgIpc) is 3.19. The number of anilines is 2. The lowest BCUT2D eigenvalue weighted by molar-refractivity contribution is -0.113. The van der Waals surface area contributed by atoms with Crippen LogP contribution in [0.25, 0.3) is 0 Å². The molecule has 1 atom stereocenters. The summed E-state index contributed by atoms with van der Waals surface area (Å²) in [5, 5.41) is 6.82. The second-order valence-corrected chi connectivity index (χ2v) is 6.87. The number of aliphatic imine (C=N–C) groups is 1. The summed E-state index contributed by atoms with van der Waals surface area (Å²) in [7, 11) is 3.13. The van der Waals surface area contributed by atoms with Gasteiger partial charge in [0.1, 0.15) is 17.7 Å². The summed E-state index contributed by atoms with van der Waals surface area (Å²) in [6, 6.07) is 15.1. The maximum Gasteiger partial charge on any atom is 0.234 e. The standard InChI is InChI=1S/C19H23N5O3S/c1-26-15-8-14(9-16(10-15)27-2)21-18(25)12-28-19-22-17(23-24-19)11-20-13-6-4-3-5-7-13/h3-10,17,20,23H,11-12H2,1-2H3,(H,21,25)(H,22,24). The van der Waals surface area contributed by atoms with Crippen LogP contribution in [0.2, 0.25) is 0 Å². The van der Waals surface area contributed by atoms with E-state index in [9.17, 15) is 4.79 Å². The lowest BCUT2D eigenvalue weighted by atomic mass is 10.2. The van der Waals surface area contributed by atoms with Crippen molar-refractivity contribution in [3.63, 3.8) is 0 Å². The molecule has 0 aliphatic carbocycles. The number of methoxy groups -OCH3 is 2. The van der Waals surface area contributed by atoms with Crippen LogP contribution in [0.4, 0.5) is 11.4 Å². The molecule has 1 aliphatic rings. The minimum atomic E-state index is -0.143. The van der Waals surface area contributed by atoms with E-state index in [2.05, 4.69) is 26.5 Å². The number of rotatable bonds is 8. The summed E-state index contributed by atoms with van der Waals surface area (Å²) < 4.78 is 10.4. The van der Waals surface area contributed by atoms with Gasteiger partial charge in [-0.05, 0) is 12.1 Å². The van der Waals surface area contributed by atoms with Crippen molar-refractivity contribution in [3.8, 4) is 11.5 Å². The molecule has 0 bridgehead atoms. The van der Waals surface area contributed by atoms with Crippen molar-refractivity contribution < 1.29 is 14.3 Å². The fraction of sp³-hybridized carbons (Fsp3) is 0.263. The van der Waals surface area contributed by atoms with E-state index in [0.717, 1.165) is 5.69 Å². The third kappa shape index (κ3) is 5.80. The number of carbonyl (C=O) groups is 1. The number of amides is 1. The molecule has 9 heteroatoms. The van der Waals surface area contributed by atoms with Gasteiger partial charge < -0.3 is 20.1 Å². The molecule has 1 aliphatic heterocycles. The van der Waals surface area contributed by atoms with Crippen LogP contribution in [-0.4, -0.2) is 43.8 Å². The van der Waals surface area contributed by atoms with Crippen molar-refractivity contribution in [3.05, 3.63) is 48.5 Å². The van der Waals surface area contributed by atoms with Gasteiger partial charge in [-0.2, -0.15) is 0 Å². The van der Waals surface area contributed by atoms with Gasteiger partial charge in [-0.1, -0.05) is 30.0 Å². The first kappa shape index (κ1) is 19.8. The van der Waals surface area contributed by atoms with Crippen LogP contribution in [0, 0.1) is 0 Å². The number of para-hydroxylation sites is 1. The third-order valence-corrected chi connectivity index (χ3v) is 4.75. The van der Waals surface area contributed by atoms with Gasteiger partial charge in [-0.3, -0.25) is 10.2 Å². The van der Waals surface area contributed by atoms with E-state index in [0.29, 0.717) is 28.9 Å². The highest BCUT2D eigenvalue weighted by molar-refractivity contribution is 8.14. The zero-order valence-corrected chi connectivity index (χ0v) is 16.5. The van der Waals surface area contributed by atoms with Crippen LogP contribution in [0.15, 0.2) is 53.5 Å². The highest BCUT2D eigenvalue weighted by atomic mass is 32.2. The zero-order valence-electron chi connectivity index (χ0n) is 15.7. The van der Waals surface area contributed by atoms with Gasteiger partial charge in [0.05, 0.1) is 26.5 Å². The van der Waals surface area contributed by atoms with Gasteiger partial charge in [0.25, 0.3) is 0 Å². The first-order chi connectivity index (χ1) is 13.7. The SMILES string of the molecule is COc1cc(NC(=O)CSC2=NC(CNc3ccccc3)NN2)cc(OC)c1. The van der Waals surface area contributed by atoms with Crippen LogP contribution in [0.5, 0.6) is 11.5 Å². The Hall–Kier alpha value is -2.91. The van der Waals surface area contributed by atoms with E-state index < -0.39 is 0 Å². The van der Waals surface area contributed by atoms with E-state index in [4.69, 9.17) is 9.47 Å². The quantitative estimate of drug-likeness (QED) is 0.539. The minimum Gasteiger partial charge on any atom is -0.497 e. The predicted molar refractivity (Wildman–Crippen MR) is 113 cm³/mol. The monoisotopic (exact) mass is 401 g/mol. The Balaban J connectivity index is 1.45. The van der Waals surface area contributed by atoms with Gasteiger partial charge in [0.2, 0.25) is 5.91 Å². The van der Waals surface area contributed by atoms with Crippen molar-refractivity contribution in [2.75, 3.05) is 37.2 Å². The Kier molecular flexibility index (Phi) is 6.99. The molecule has 2 aromatic rings. The van der Waals surface area contributed by atoms with E-state index >= 15 is 0 Å². The topological polar surface area (TPSA) is 96.0 Å². The summed E-state index contributed by atoms with van der Waals surface area (Å²) in [5.41, 5.74) is 7.73. The zero-order chi connectivity index (χ0) is 19.8. The highest BCUT2D eigenvalue weighted by Gasteiger charge is 2.17. The smallest absolute Gasteiger partial charge is 0.234 e. The summed E-state index contributed by atoms with van der Waals surface area (Å²) in [6.07, 6.45) is -0.103. The molecule has 8 nitrogen and oxygen atoms in total. The Bertz CT molecular complexity index is 809. The molecule has 148 valence electrons. The molecule has 1 unspecified atom stereocenters. The number of hydrazine groups is 1. The molecule has 4 N–H and O–H groups in total. The molecule has 0 radical (unpaired) electrons.